The molecular weight excluding hydrogens is 464 g/mol. The van der Waals surface area contributed by atoms with Crippen LogP contribution in [0, 0.1) is 6.92 Å². The molecule has 3 heterocycles. The Bertz CT molecular complexity index is 1340. The molecule has 0 saturated carbocycles. The first-order chi connectivity index (χ1) is 18.2. The third kappa shape index (κ3) is 6.65. The van der Waals surface area contributed by atoms with Crippen LogP contribution < -0.4 is 20.1 Å². The number of pyridine rings is 1. The Hall–Kier alpha value is -3.91. The van der Waals surface area contributed by atoms with Gasteiger partial charge in [0.1, 0.15) is 5.82 Å². The number of fused-ring (bicyclic) bond motifs is 1. The number of likely N-dealkylation sites (tertiary alicyclic amines) is 1. The molecule has 2 aromatic heterocycles. The fourth-order valence-electron chi connectivity index (χ4n) is 4.59. The van der Waals surface area contributed by atoms with Gasteiger partial charge in [0.2, 0.25) is 5.95 Å². The minimum Gasteiger partial charge on any atom is -0.493 e. The van der Waals surface area contributed by atoms with Crippen molar-refractivity contribution in [3.8, 4) is 11.5 Å². The van der Waals surface area contributed by atoms with Crippen molar-refractivity contribution in [2.45, 2.75) is 32.6 Å². The quantitative estimate of drug-likeness (QED) is 0.254. The van der Waals surface area contributed by atoms with Crippen LogP contribution in [0.2, 0.25) is 0 Å². The number of anilines is 4. The summed E-state index contributed by atoms with van der Waals surface area (Å²) in [6, 6.07) is 17.8. The standard InChI is InChI=1S/C29H34N6O2/c1-21-7-8-22-19-23(9-11-25(22)31-21)32-28-13-14-30-29(34-28)33-24-10-12-26(27(20-24)36-2)37-18-6-17-35-15-4-3-5-16-35/h7-14,19-20H,3-6,15-18H2,1-2H3,(H2,30,32,33,34). The summed E-state index contributed by atoms with van der Waals surface area (Å²) in [5.74, 6) is 2.60. The van der Waals surface area contributed by atoms with E-state index in [0.29, 0.717) is 24.1 Å². The SMILES string of the molecule is COc1cc(Nc2nccc(Nc3ccc4nc(C)ccc4c3)n2)ccc1OCCCN1CCCCC1. The number of ether oxygens (including phenoxy) is 2. The molecule has 0 amide bonds. The topological polar surface area (TPSA) is 84.4 Å². The fourth-order valence-corrected chi connectivity index (χ4v) is 4.59. The van der Waals surface area contributed by atoms with Crippen LogP contribution in [0.1, 0.15) is 31.4 Å². The summed E-state index contributed by atoms with van der Waals surface area (Å²) in [6.45, 7) is 6.17. The summed E-state index contributed by atoms with van der Waals surface area (Å²) < 4.78 is 11.6. The zero-order chi connectivity index (χ0) is 25.5. The lowest BCUT2D eigenvalue weighted by molar-refractivity contribution is 0.203. The van der Waals surface area contributed by atoms with Gasteiger partial charge in [0.05, 0.1) is 19.2 Å². The van der Waals surface area contributed by atoms with Crippen molar-refractivity contribution in [2.75, 3.05) is 44.0 Å². The Labute approximate surface area is 218 Å². The molecule has 0 aliphatic carbocycles. The van der Waals surface area contributed by atoms with E-state index in [9.17, 15) is 0 Å². The van der Waals surface area contributed by atoms with E-state index in [4.69, 9.17) is 9.47 Å². The summed E-state index contributed by atoms with van der Waals surface area (Å²) >= 11 is 0. The molecule has 0 radical (unpaired) electrons. The first-order valence-corrected chi connectivity index (χ1v) is 12.9. The Kier molecular flexibility index (Phi) is 7.96. The predicted octanol–water partition coefficient (Wildman–Crippen LogP) is 6.08. The fraction of sp³-hybridized carbons (Fsp3) is 0.345. The van der Waals surface area contributed by atoms with E-state index in [0.717, 1.165) is 46.7 Å². The maximum absolute atomic E-state index is 6.02. The number of hydrogen-bond acceptors (Lipinski definition) is 8. The molecule has 8 nitrogen and oxygen atoms in total. The predicted molar refractivity (Wildman–Crippen MR) is 148 cm³/mol. The molecule has 192 valence electrons. The van der Waals surface area contributed by atoms with Crippen LogP contribution in [-0.2, 0) is 0 Å². The van der Waals surface area contributed by atoms with E-state index in [1.54, 1.807) is 13.3 Å². The summed E-state index contributed by atoms with van der Waals surface area (Å²) in [4.78, 5) is 16.1. The van der Waals surface area contributed by atoms with Crippen molar-refractivity contribution < 1.29 is 9.47 Å². The van der Waals surface area contributed by atoms with Gasteiger partial charge >= 0.3 is 0 Å². The maximum atomic E-state index is 6.02. The molecule has 0 spiro atoms. The van der Waals surface area contributed by atoms with Crippen molar-refractivity contribution in [1.29, 1.82) is 0 Å². The highest BCUT2D eigenvalue weighted by Crippen LogP contribution is 2.31. The van der Waals surface area contributed by atoms with Gasteiger partial charge in [0.15, 0.2) is 11.5 Å². The van der Waals surface area contributed by atoms with Crippen LogP contribution in [0.3, 0.4) is 0 Å². The maximum Gasteiger partial charge on any atom is 0.229 e. The number of hydrogen-bond donors (Lipinski definition) is 2. The molecule has 37 heavy (non-hydrogen) atoms. The second-order valence-electron chi connectivity index (χ2n) is 9.35. The summed E-state index contributed by atoms with van der Waals surface area (Å²) in [7, 11) is 1.65. The molecule has 1 aliphatic heterocycles. The molecule has 2 aromatic carbocycles. The average molecular weight is 499 g/mol. The van der Waals surface area contributed by atoms with E-state index in [1.165, 1.54) is 32.4 Å². The Morgan fingerprint density at radius 2 is 1.70 bits per heavy atom. The summed E-state index contributed by atoms with van der Waals surface area (Å²) in [5, 5.41) is 7.69. The normalized spacial score (nSPS) is 13.9. The minimum absolute atomic E-state index is 0.486. The average Bonchev–Trinajstić information content (AvgIpc) is 2.92. The number of nitrogens with one attached hydrogen (secondary N) is 2. The van der Waals surface area contributed by atoms with Gasteiger partial charge in [0, 0.05) is 41.3 Å². The van der Waals surface area contributed by atoms with Gasteiger partial charge in [-0.05, 0) is 81.7 Å². The molecule has 5 rings (SSSR count). The summed E-state index contributed by atoms with van der Waals surface area (Å²) in [6.07, 6.45) is 6.71. The molecule has 2 N–H and O–H groups in total. The molecule has 1 fully saturated rings. The number of benzene rings is 2. The molecular formula is C29H34N6O2. The van der Waals surface area contributed by atoms with Crippen molar-refractivity contribution in [1.82, 2.24) is 19.9 Å². The summed E-state index contributed by atoms with van der Waals surface area (Å²) in [5.41, 5.74) is 3.73. The Balaban J connectivity index is 1.19. The van der Waals surface area contributed by atoms with Gasteiger partial charge in [-0.2, -0.15) is 4.98 Å². The second-order valence-corrected chi connectivity index (χ2v) is 9.35. The lowest BCUT2D eigenvalue weighted by atomic mass is 10.1. The van der Waals surface area contributed by atoms with E-state index in [1.807, 2.05) is 49.4 Å². The second kappa shape index (κ2) is 11.9. The lowest BCUT2D eigenvalue weighted by Gasteiger charge is -2.26. The molecule has 0 unspecified atom stereocenters. The Morgan fingerprint density at radius 1 is 0.865 bits per heavy atom. The third-order valence-electron chi connectivity index (χ3n) is 6.50. The highest BCUT2D eigenvalue weighted by Gasteiger charge is 2.11. The van der Waals surface area contributed by atoms with Gasteiger partial charge in [-0.3, -0.25) is 4.98 Å². The molecule has 1 aliphatic rings. The van der Waals surface area contributed by atoms with Crippen LogP contribution in [0.25, 0.3) is 10.9 Å². The van der Waals surface area contributed by atoms with E-state index in [2.05, 4.69) is 42.6 Å². The van der Waals surface area contributed by atoms with Crippen LogP contribution in [0.4, 0.5) is 23.1 Å². The minimum atomic E-state index is 0.486. The number of aryl methyl sites for hydroxylation is 1. The smallest absolute Gasteiger partial charge is 0.229 e. The number of piperidine rings is 1. The van der Waals surface area contributed by atoms with Gasteiger partial charge in [-0.25, -0.2) is 4.98 Å². The highest BCUT2D eigenvalue weighted by molar-refractivity contribution is 5.83. The zero-order valence-corrected chi connectivity index (χ0v) is 21.5. The van der Waals surface area contributed by atoms with E-state index < -0.39 is 0 Å². The lowest BCUT2D eigenvalue weighted by Crippen LogP contribution is -2.31. The molecule has 0 bridgehead atoms. The first kappa shape index (κ1) is 24.8. The number of aromatic nitrogens is 3. The van der Waals surface area contributed by atoms with Gasteiger partial charge < -0.3 is 25.0 Å². The zero-order valence-electron chi connectivity index (χ0n) is 21.5. The van der Waals surface area contributed by atoms with Gasteiger partial charge in [-0.15, -0.1) is 0 Å². The van der Waals surface area contributed by atoms with Crippen LogP contribution in [0.5, 0.6) is 11.5 Å². The van der Waals surface area contributed by atoms with Crippen molar-refractivity contribution in [2.24, 2.45) is 0 Å². The third-order valence-corrected chi connectivity index (χ3v) is 6.50. The molecule has 8 heteroatoms. The largest absolute Gasteiger partial charge is 0.493 e. The van der Waals surface area contributed by atoms with Crippen LogP contribution in [0.15, 0.2) is 60.8 Å². The van der Waals surface area contributed by atoms with E-state index >= 15 is 0 Å². The first-order valence-electron chi connectivity index (χ1n) is 12.9. The molecule has 1 saturated heterocycles. The number of nitrogens with zero attached hydrogens (tertiary/aromatic N) is 4. The number of methoxy groups -OCH3 is 1. The van der Waals surface area contributed by atoms with Crippen molar-refractivity contribution >= 4 is 34.0 Å². The van der Waals surface area contributed by atoms with Crippen LogP contribution in [-0.4, -0.2) is 53.2 Å². The monoisotopic (exact) mass is 498 g/mol. The van der Waals surface area contributed by atoms with Crippen LogP contribution >= 0.6 is 0 Å². The molecule has 0 atom stereocenters. The van der Waals surface area contributed by atoms with Gasteiger partial charge in [-0.1, -0.05) is 12.5 Å². The van der Waals surface area contributed by atoms with Crippen molar-refractivity contribution in [3.05, 3.63) is 66.5 Å². The Morgan fingerprint density at radius 3 is 2.57 bits per heavy atom. The van der Waals surface area contributed by atoms with E-state index in [-0.39, 0.29) is 0 Å². The van der Waals surface area contributed by atoms with Crippen molar-refractivity contribution in [3.63, 3.8) is 0 Å². The number of rotatable bonds is 10. The highest BCUT2D eigenvalue weighted by atomic mass is 16.5. The molecule has 4 aromatic rings. The van der Waals surface area contributed by atoms with Gasteiger partial charge in [0.25, 0.3) is 0 Å².